The number of hydrogen-bond donors (Lipinski definition) is 1. The second kappa shape index (κ2) is 5.49. The Morgan fingerprint density at radius 3 is 2.55 bits per heavy atom. The minimum absolute atomic E-state index is 0.161. The number of hydrogen-bond acceptors (Lipinski definition) is 5. The highest BCUT2D eigenvalue weighted by Gasteiger charge is 2.35. The molecular weight excluding hydrogens is 311 g/mol. The van der Waals surface area contributed by atoms with E-state index in [0.717, 1.165) is 16.9 Å². The Bertz CT molecular complexity index is 633. The maximum absolute atomic E-state index is 12.4. The number of aromatic nitrogens is 2. The molecule has 0 aliphatic heterocycles. The van der Waals surface area contributed by atoms with E-state index in [-0.39, 0.29) is 5.13 Å². The molecular formula is C11H10F3N3OS2. The molecule has 0 aliphatic carbocycles. The minimum Gasteiger partial charge on any atom is -0.296 e. The summed E-state index contributed by atoms with van der Waals surface area (Å²) in [6.45, 7) is 3.87. The van der Waals surface area contributed by atoms with Gasteiger partial charge in [-0.25, -0.2) is 0 Å². The van der Waals surface area contributed by atoms with Crippen molar-refractivity contribution in [3.63, 3.8) is 0 Å². The fourth-order valence-corrected chi connectivity index (χ4v) is 3.14. The molecule has 0 aromatic carbocycles. The third-order valence-corrected chi connectivity index (χ3v) is 4.49. The van der Waals surface area contributed by atoms with E-state index in [0.29, 0.717) is 16.2 Å². The molecule has 0 aliphatic rings. The Morgan fingerprint density at radius 1 is 1.35 bits per heavy atom. The molecule has 9 heteroatoms. The van der Waals surface area contributed by atoms with Crippen molar-refractivity contribution in [2.24, 2.45) is 0 Å². The lowest BCUT2D eigenvalue weighted by Gasteiger charge is -1.98. The number of carbonyl (C=O) groups is 1. The molecule has 0 saturated heterocycles. The lowest BCUT2D eigenvalue weighted by molar-refractivity contribution is -0.138. The molecule has 2 rings (SSSR count). The number of rotatable bonds is 3. The Labute approximate surface area is 120 Å². The van der Waals surface area contributed by atoms with Gasteiger partial charge in [-0.15, -0.1) is 21.5 Å². The quantitative estimate of drug-likeness (QED) is 0.937. The van der Waals surface area contributed by atoms with Crippen LogP contribution in [0.2, 0.25) is 0 Å². The first kappa shape index (κ1) is 14.9. The number of halogens is 3. The van der Waals surface area contributed by atoms with Crippen LogP contribution in [0.4, 0.5) is 18.3 Å². The van der Waals surface area contributed by atoms with Crippen molar-refractivity contribution < 1.29 is 18.0 Å². The van der Waals surface area contributed by atoms with Crippen molar-refractivity contribution in [1.82, 2.24) is 10.2 Å². The van der Waals surface area contributed by atoms with Crippen LogP contribution < -0.4 is 5.32 Å². The summed E-state index contributed by atoms with van der Waals surface area (Å²) >= 11 is 1.61. The van der Waals surface area contributed by atoms with Crippen LogP contribution in [0.3, 0.4) is 0 Å². The van der Waals surface area contributed by atoms with E-state index in [9.17, 15) is 18.0 Å². The highest BCUT2D eigenvalue weighted by molar-refractivity contribution is 7.16. The minimum atomic E-state index is -4.55. The third kappa shape index (κ3) is 3.15. The van der Waals surface area contributed by atoms with Crippen LogP contribution in [0.25, 0.3) is 0 Å². The van der Waals surface area contributed by atoms with Crippen LogP contribution in [-0.2, 0) is 12.6 Å². The van der Waals surface area contributed by atoms with E-state index in [1.165, 1.54) is 11.3 Å². The van der Waals surface area contributed by atoms with Crippen LogP contribution >= 0.6 is 22.7 Å². The molecule has 2 aromatic heterocycles. The van der Waals surface area contributed by atoms with Crippen molar-refractivity contribution in [3.05, 3.63) is 26.4 Å². The largest absolute Gasteiger partial charge is 0.445 e. The van der Waals surface area contributed by atoms with Gasteiger partial charge in [0.25, 0.3) is 5.91 Å². The molecule has 2 heterocycles. The number of thiophene rings is 1. The highest BCUT2D eigenvalue weighted by Crippen LogP contribution is 2.33. The molecule has 0 bridgehead atoms. The number of anilines is 1. The van der Waals surface area contributed by atoms with Gasteiger partial charge in [-0.2, -0.15) is 13.2 Å². The second-order valence-corrected chi connectivity index (χ2v) is 6.14. The Kier molecular flexibility index (Phi) is 4.09. The van der Waals surface area contributed by atoms with Gasteiger partial charge < -0.3 is 0 Å². The monoisotopic (exact) mass is 321 g/mol. The van der Waals surface area contributed by atoms with E-state index in [1.807, 2.05) is 13.8 Å². The standard InChI is InChI=1S/C11H10F3N3OS2/c1-3-6-4-7(19-5(6)2)8(18)15-10-17-16-9(20-10)11(12,13)14/h4H,3H2,1-2H3,(H,15,17,18). The van der Waals surface area contributed by atoms with Crippen molar-refractivity contribution >= 4 is 33.7 Å². The first-order valence-corrected chi connectivity index (χ1v) is 7.26. The van der Waals surface area contributed by atoms with Crippen molar-refractivity contribution in [1.29, 1.82) is 0 Å². The Hall–Kier alpha value is -1.48. The van der Waals surface area contributed by atoms with E-state index in [2.05, 4.69) is 15.5 Å². The first-order chi connectivity index (χ1) is 9.31. The summed E-state index contributed by atoms with van der Waals surface area (Å²) < 4.78 is 37.1. The Morgan fingerprint density at radius 2 is 2.05 bits per heavy atom. The summed E-state index contributed by atoms with van der Waals surface area (Å²) in [6, 6.07) is 1.74. The molecule has 0 atom stereocenters. The molecule has 0 saturated carbocycles. The predicted molar refractivity (Wildman–Crippen MR) is 71.3 cm³/mol. The summed E-state index contributed by atoms with van der Waals surface area (Å²) in [5.41, 5.74) is 1.05. The summed E-state index contributed by atoms with van der Waals surface area (Å²) in [6.07, 6.45) is -3.75. The number of alkyl halides is 3. The van der Waals surface area contributed by atoms with Crippen molar-refractivity contribution in [2.45, 2.75) is 26.4 Å². The number of nitrogens with one attached hydrogen (secondary N) is 1. The van der Waals surface area contributed by atoms with Gasteiger partial charge in [0.15, 0.2) is 0 Å². The van der Waals surface area contributed by atoms with Gasteiger partial charge in [-0.05, 0) is 25.0 Å². The van der Waals surface area contributed by atoms with E-state index < -0.39 is 17.1 Å². The SMILES string of the molecule is CCc1cc(C(=O)Nc2nnc(C(F)(F)F)s2)sc1C. The molecule has 1 N–H and O–H groups in total. The van der Waals surface area contributed by atoms with E-state index >= 15 is 0 Å². The lowest BCUT2D eigenvalue weighted by Crippen LogP contribution is -2.09. The van der Waals surface area contributed by atoms with Crippen LogP contribution in [0.15, 0.2) is 6.07 Å². The normalized spacial score (nSPS) is 11.7. The average Bonchev–Trinajstić information content (AvgIpc) is 2.95. The van der Waals surface area contributed by atoms with Gasteiger partial charge in [-0.1, -0.05) is 18.3 Å². The average molecular weight is 321 g/mol. The summed E-state index contributed by atoms with van der Waals surface area (Å²) in [5, 5.41) is 7.42. The highest BCUT2D eigenvalue weighted by atomic mass is 32.1. The van der Waals surface area contributed by atoms with Gasteiger partial charge in [-0.3, -0.25) is 10.1 Å². The molecule has 0 spiro atoms. The first-order valence-electron chi connectivity index (χ1n) is 5.62. The fourth-order valence-electron chi connectivity index (χ4n) is 1.53. The molecule has 2 aromatic rings. The van der Waals surface area contributed by atoms with Gasteiger partial charge in [0, 0.05) is 4.88 Å². The van der Waals surface area contributed by atoms with E-state index in [4.69, 9.17) is 0 Å². The van der Waals surface area contributed by atoms with E-state index in [1.54, 1.807) is 6.07 Å². The molecule has 4 nitrogen and oxygen atoms in total. The topological polar surface area (TPSA) is 54.9 Å². The van der Waals surface area contributed by atoms with Gasteiger partial charge in [0.1, 0.15) is 0 Å². The van der Waals surface area contributed by atoms with Crippen LogP contribution in [-0.4, -0.2) is 16.1 Å². The van der Waals surface area contributed by atoms with Crippen LogP contribution in [0, 0.1) is 6.92 Å². The predicted octanol–water partition coefficient (Wildman–Crippen LogP) is 3.74. The second-order valence-electron chi connectivity index (χ2n) is 3.91. The smallest absolute Gasteiger partial charge is 0.296 e. The zero-order valence-corrected chi connectivity index (χ0v) is 12.2. The number of carbonyl (C=O) groups excluding carboxylic acids is 1. The summed E-state index contributed by atoms with van der Waals surface area (Å²) in [4.78, 5) is 13.4. The number of nitrogens with zero attached hydrogens (tertiary/aromatic N) is 2. The van der Waals surface area contributed by atoms with Crippen LogP contribution in [0.5, 0.6) is 0 Å². The van der Waals surface area contributed by atoms with Crippen molar-refractivity contribution in [2.75, 3.05) is 5.32 Å². The van der Waals surface area contributed by atoms with Crippen LogP contribution in [0.1, 0.15) is 32.0 Å². The molecule has 0 fully saturated rings. The molecule has 1 amide bonds. The molecule has 20 heavy (non-hydrogen) atoms. The Balaban J connectivity index is 2.13. The molecule has 0 unspecified atom stereocenters. The zero-order valence-electron chi connectivity index (χ0n) is 10.5. The van der Waals surface area contributed by atoms with Gasteiger partial charge in [0.05, 0.1) is 4.88 Å². The molecule has 0 radical (unpaired) electrons. The number of aryl methyl sites for hydroxylation is 2. The van der Waals surface area contributed by atoms with Crippen molar-refractivity contribution in [3.8, 4) is 0 Å². The van der Waals surface area contributed by atoms with Gasteiger partial charge >= 0.3 is 6.18 Å². The summed E-state index contributed by atoms with van der Waals surface area (Å²) in [7, 11) is 0. The fraction of sp³-hybridized carbons (Fsp3) is 0.364. The van der Waals surface area contributed by atoms with Gasteiger partial charge in [0.2, 0.25) is 10.1 Å². The lowest BCUT2D eigenvalue weighted by atomic mass is 10.2. The molecule has 108 valence electrons. The third-order valence-electron chi connectivity index (χ3n) is 2.51. The zero-order chi connectivity index (χ0) is 14.9. The maximum Gasteiger partial charge on any atom is 0.445 e. The summed E-state index contributed by atoms with van der Waals surface area (Å²) in [5.74, 6) is -0.470. The number of amides is 1. The maximum atomic E-state index is 12.4.